The third-order valence-electron chi connectivity index (χ3n) is 5.98. The number of aliphatic hydroxyl groups excluding tert-OH is 1. The van der Waals surface area contributed by atoms with Crippen molar-refractivity contribution in [3.63, 3.8) is 0 Å². The van der Waals surface area contributed by atoms with E-state index < -0.39 is 5.54 Å². The summed E-state index contributed by atoms with van der Waals surface area (Å²) in [6, 6.07) is 12.0. The standard InChI is InChI=1S/C23H24ClNO2/c1-14-6-7-17(16-8-9-19(24)15(2)12-16)13-18(14)20-21(26)23(25-22(20)27)10-4-3-5-11-23/h6-9,12-13,26H,3-5,10-11H2,1-2H3,(H,25,27). The number of nitrogens with one attached hydrogen (secondary N) is 1. The molecule has 2 aliphatic rings. The smallest absolute Gasteiger partial charge is 0.256 e. The maximum absolute atomic E-state index is 12.8. The number of rotatable bonds is 2. The molecule has 1 aliphatic carbocycles. The molecule has 3 nitrogen and oxygen atoms in total. The Balaban J connectivity index is 1.81. The van der Waals surface area contributed by atoms with Gasteiger partial charge in [0.15, 0.2) is 0 Å². The molecule has 2 aromatic carbocycles. The van der Waals surface area contributed by atoms with Crippen molar-refractivity contribution in [1.29, 1.82) is 0 Å². The van der Waals surface area contributed by atoms with Gasteiger partial charge < -0.3 is 10.4 Å². The first kappa shape index (κ1) is 18.1. The Bertz CT molecular complexity index is 955. The number of hydrogen-bond donors (Lipinski definition) is 2. The molecule has 0 bridgehead atoms. The van der Waals surface area contributed by atoms with Crippen LogP contribution in [0.25, 0.3) is 16.7 Å². The third kappa shape index (κ3) is 3.04. The van der Waals surface area contributed by atoms with Crippen molar-refractivity contribution in [2.24, 2.45) is 0 Å². The molecule has 0 atom stereocenters. The molecule has 0 radical (unpaired) electrons. The summed E-state index contributed by atoms with van der Waals surface area (Å²) in [5.41, 5.74) is 4.72. The number of hydrogen-bond acceptors (Lipinski definition) is 2. The molecule has 1 amide bonds. The molecule has 2 N–H and O–H groups in total. The summed E-state index contributed by atoms with van der Waals surface area (Å²) in [6.07, 6.45) is 4.83. The zero-order valence-corrected chi connectivity index (χ0v) is 16.5. The molecule has 2 aromatic rings. The van der Waals surface area contributed by atoms with Crippen molar-refractivity contribution in [2.45, 2.75) is 51.5 Å². The van der Waals surface area contributed by atoms with Gasteiger partial charge in [0.2, 0.25) is 0 Å². The summed E-state index contributed by atoms with van der Waals surface area (Å²) >= 11 is 6.16. The summed E-state index contributed by atoms with van der Waals surface area (Å²) in [5.74, 6) is 0.0571. The van der Waals surface area contributed by atoms with Crippen LogP contribution in [0.3, 0.4) is 0 Å². The first-order chi connectivity index (χ1) is 12.9. The molecule has 0 aromatic heterocycles. The first-order valence-corrected chi connectivity index (χ1v) is 9.93. The SMILES string of the molecule is Cc1cc(-c2ccc(C)c(C3=C(O)C4(CCCCC4)NC3=O)c2)ccc1Cl. The molecule has 4 heteroatoms. The number of benzene rings is 2. The Morgan fingerprint density at radius 2 is 1.63 bits per heavy atom. The van der Waals surface area contributed by atoms with Crippen molar-refractivity contribution in [1.82, 2.24) is 5.32 Å². The van der Waals surface area contributed by atoms with Crippen LogP contribution in [-0.2, 0) is 4.79 Å². The molecular weight excluding hydrogens is 358 g/mol. The van der Waals surface area contributed by atoms with Crippen molar-refractivity contribution in [3.05, 3.63) is 63.9 Å². The fraction of sp³-hybridized carbons (Fsp3) is 0.348. The largest absolute Gasteiger partial charge is 0.509 e. The minimum Gasteiger partial charge on any atom is -0.509 e. The van der Waals surface area contributed by atoms with Gasteiger partial charge in [0.05, 0.1) is 11.1 Å². The van der Waals surface area contributed by atoms with E-state index >= 15 is 0 Å². The predicted molar refractivity (Wildman–Crippen MR) is 110 cm³/mol. The van der Waals surface area contributed by atoms with E-state index in [1.165, 1.54) is 0 Å². The second-order valence-electron chi connectivity index (χ2n) is 7.81. The van der Waals surface area contributed by atoms with Crippen LogP contribution < -0.4 is 5.32 Å². The average Bonchev–Trinajstić information content (AvgIpc) is 2.88. The van der Waals surface area contributed by atoms with Gasteiger partial charge in [0.1, 0.15) is 5.76 Å². The molecule has 1 saturated carbocycles. The van der Waals surface area contributed by atoms with E-state index in [9.17, 15) is 9.90 Å². The van der Waals surface area contributed by atoms with Gasteiger partial charge in [-0.2, -0.15) is 0 Å². The van der Waals surface area contributed by atoms with Crippen LogP contribution in [0.2, 0.25) is 5.02 Å². The zero-order chi connectivity index (χ0) is 19.2. The fourth-order valence-electron chi connectivity index (χ4n) is 4.35. The highest BCUT2D eigenvalue weighted by atomic mass is 35.5. The van der Waals surface area contributed by atoms with Gasteiger partial charge in [0.25, 0.3) is 5.91 Å². The third-order valence-corrected chi connectivity index (χ3v) is 6.40. The van der Waals surface area contributed by atoms with Crippen LogP contribution in [-0.4, -0.2) is 16.6 Å². The van der Waals surface area contributed by atoms with E-state index in [4.69, 9.17) is 11.6 Å². The second-order valence-corrected chi connectivity index (χ2v) is 8.22. The minimum atomic E-state index is -0.566. The molecule has 1 fully saturated rings. The number of aliphatic hydroxyl groups is 1. The van der Waals surface area contributed by atoms with Gasteiger partial charge in [-0.05, 0) is 72.7 Å². The second kappa shape index (κ2) is 6.72. The molecule has 140 valence electrons. The maximum atomic E-state index is 12.8. The van der Waals surface area contributed by atoms with Crippen molar-refractivity contribution >= 4 is 23.1 Å². The fourth-order valence-corrected chi connectivity index (χ4v) is 4.47. The quantitative estimate of drug-likeness (QED) is 0.698. The van der Waals surface area contributed by atoms with Gasteiger partial charge in [-0.3, -0.25) is 4.79 Å². The van der Waals surface area contributed by atoms with Crippen molar-refractivity contribution < 1.29 is 9.90 Å². The topological polar surface area (TPSA) is 49.3 Å². The summed E-state index contributed by atoms with van der Waals surface area (Å²) in [7, 11) is 0. The number of carbonyl (C=O) groups is 1. The Morgan fingerprint density at radius 1 is 0.963 bits per heavy atom. The van der Waals surface area contributed by atoms with Gasteiger partial charge in [-0.25, -0.2) is 0 Å². The Labute approximate surface area is 165 Å². The highest BCUT2D eigenvalue weighted by molar-refractivity contribution is 6.31. The molecule has 4 rings (SSSR count). The van der Waals surface area contributed by atoms with E-state index in [1.807, 2.05) is 50.2 Å². The number of halogens is 1. The molecule has 0 unspecified atom stereocenters. The summed E-state index contributed by atoms with van der Waals surface area (Å²) in [5, 5.41) is 14.9. The molecule has 0 saturated heterocycles. The van der Waals surface area contributed by atoms with Crippen LogP contribution >= 0.6 is 11.6 Å². The first-order valence-electron chi connectivity index (χ1n) is 9.55. The van der Waals surface area contributed by atoms with E-state index in [-0.39, 0.29) is 11.7 Å². The van der Waals surface area contributed by atoms with E-state index in [0.717, 1.165) is 64.9 Å². The lowest BCUT2D eigenvalue weighted by atomic mass is 9.80. The number of aryl methyl sites for hydroxylation is 2. The van der Waals surface area contributed by atoms with Gasteiger partial charge >= 0.3 is 0 Å². The molecule has 1 aliphatic heterocycles. The lowest BCUT2D eigenvalue weighted by Gasteiger charge is -2.33. The van der Waals surface area contributed by atoms with E-state index in [0.29, 0.717) is 5.57 Å². The van der Waals surface area contributed by atoms with Crippen LogP contribution in [0, 0.1) is 13.8 Å². The highest BCUT2D eigenvalue weighted by Crippen LogP contribution is 2.42. The van der Waals surface area contributed by atoms with Gasteiger partial charge in [-0.15, -0.1) is 0 Å². The number of amides is 1. The summed E-state index contributed by atoms with van der Waals surface area (Å²) < 4.78 is 0. The van der Waals surface area contributed by atoms with E-state index in [1.54, 1.807) is 0 Å². The van der Waals surface area contributed by atoms with Crippen LogP contribution in [0.5, 0.6) is 0 Å². The lowest BCUT2D eigenvalue weighted by molar-refractivity contribution is -0.116. The monoisotopic (exact) mass is 381 g/mol. The molecule has 27 heavy (non-hydrogen) atoms. The molecule has 1 spiro atoms. The summed E-state index contributed by atoms with van der Waals surface area (Å²) in [6.45, 7) is 3.96. The Hall–Kier alpha value is -2.26. The lowest BCUT2D eigenvalue weighted by Crippen LogP contribution is -2.46. The maximum Gasteiger partial charge on any atom is 0.256 e. The highest BCUT2D eigenvalue weighted by Gasteiger charge is 2.46. The Morgan fingerprint density at radius 3 is 2.33 bits per heavy atom. The van der Waals surface area contributed by atoms with Crippen molar-refractivity contribution in [3.8, 4) is 11.1 Å². The summed E-state index contributed by atoms with van der Waals surface area (Å²) in [4.78, 5) is 12.8. The van der Waals surface area contributed by atoms with Gasteiger partial charge in [0, 0.05) is 5.02 Å². The molecule has 1 heterocycles. The van der Waals surface area contributed by atoms with Crippen LogP contribution in [0.15, 0.2) is 42.2 Å². The normalized spacial score (nSPS) is 18.9. The minimum absolute atomic E-state index is 0.165. The van der Waals surface area contributed by atoms with Crippen LogP contribution in [0.4, 0.5) is 0 Å². The van der Waals surface area contributed by atoms with Crippen LogP contribution in [0.1, 0.15) is 48.8 Å². The van der Waals surface area contributed by atoms with Crippen molar-refractivity contribution in [2.75, 3.05) is 0 Å². The zero-order valence-electron chi connectivity index (χ0n) is 15.7. The Kier molecular flexibility index (Phi) is 4.51. The van der Waals surface area contributed by atoms with E-state index in [2.05, 4.69) is 5.32 Å². The average molecular weight is 382 g/mol. The molecular formula is C23H24ClNO2. The number of carbonyl (C=O) groups excluding carboxylic acids is 1. The van der Waals surface area contributed by atoms with Gasteiger partial charge in [-0.1, -0.05) is 49.1 Å². The predicted octanol–water partition coefficient (Wildman–Crippen LogP) is 5.73.